The molecule has 0 unspecified atom stereocenters. The van der Waals surface area contributed by atoms with Crippen LogP contribution in [0.2, 0.25) is 0 Å². The first-order valence-electron chi connectivity index (χ1n) is 2.92. The number of hydrogen-bond donors (Lipinski definition) is 2. The van der Waals surface area contributed by atoms with Gasteiger partial charge in [0, 0.05) is 0 Å². The zero-order valence-electron chi connectivity index (χ0n) is 5.77. The third kappa shape index (κ3) is 1.76. The number of nitrogen functional groups attached to an aromatic ring is 1. The van der Waals surface area contributed by atoms with Gasteiger partial charge in [-0.2, -0.15) is 13.2 Å². The van der Waals surface area contributed by atoms with Crippen molar-refractivity contribution < 1.29 is 13.2 Å². The Kier molecular flexibility index (Phi) is 2.10. The lowest BCUT2D eigenvalue weighted by atomic mass is 10.4. The maximum absolute atomic E-state index is 12.0. The standard InChI is InChI=1S/C6H5F3N2S/c7-6(8,9)4-2-1-3(12-4)5(10)11/h1-2H,(H3,10,11). The van der Waals surface area contributed by atoms with Crippen LogP contribution in [0.5, 0.6) is 0 Å². The summed E-state index contributed by atoms with van der Waals surface area (Å²) < 4.78 is 35.9. The first-order chi connectivity index (χ1) is 5.41. The Morgan fingerprint density at radius 3 is 2.25 bits per heavy atom. The highest BCUT2D eigenvalue weighted by atomic mass is 32.1. The van der Waals surface area contributed by atoms with Crippen LogP contribution < -0.4 is 5.73 Å². The largest absolute Gasteiger partial charge is 0.425 e. The fraction of sp³-hybridized carbons (Fsp3) is 0.167. The smallest absolute Gasteiger partial charge is 0.383 e. The molecule has 6 heteroatoms. The number of hydrogen-bond acceptors (Lipinski definition) is 2. The summed E-state index contributed by atoms with van der Waals surface area (Å²) in [5.41, 5.74) is 5.00. The van der Waals surface area contributed by atoms with Gasteiger partial charge in [0.25, 0.3) is 0 Å². The van der Waals surface area contributed by atoms with Crippen LogP contribution in [0.25, 0.3) is 0 Å². The van der Waals surface area contributed by atoms with Crippen LogP contribution in [0.15, 0.2) is 12.1 Å². The minimum atomic E-state index is -4.33. The normalized spacial score (nSPS) is 11.6. The van der Waals surface area contributed by atoms with Crippen LogP contribution in [-0.2, 0) is 6.18 Å². The van der Waals surface area contributed by atoms with E-state index in [1.54, 1.807) is 0 Å². The SMILES string of the molecule is N=C(N)c1ccc(C(F)(F)F)s1. The lowest BCUT2D eigenvalue weighted by molar-refractivity contribution is -0.134. The predicted octanol–water partition coefficient (Wildman–Crippen LogP) is 2.05. The zero-order chi connectivity index (χ0) is 9.35. The monoisotopic (exact) mass is 194 g/mol. The number of rotatable bonds is 1. The van der Waals surface area contributed by atoms with Crippen LogP contribution in [-0.4, -0.2) is 5.84 Å². The van der Waals surface area contributed by atoms with Crippen LogP contribution in [0.1, 0.15) is 9.75 Å². The molecule has 3 N–H and O–H groups in total. The molecule has 0 saturated carbocycles. The van der Waals surface area contributed by atoms with Crippen LogP contribution in [0.3, 0.4) is 0 Å². The summed E-state index contributed by atoms with van der Waals surface area (Å²) in [5, 5.41) is 6.87. The molecule has 1 aromatic heterocycles. The quantitative estimate of drug-likeness (QED) is 0.521. The van der Waals surface area contributed by atoms with Crippen LogP contribution in [0, 0.1) is 5.41 Å². The van der Waals surface area contributed by atoms with E-state index in [0.29, 0.717) is 11.3 Å². The molecule has 0 aliphatic rings. The van der Waals surface area contributed by atoms with Gasteiger partial charge in [-0.1, -0.05) is 0 Å². The molecule has 0 atom stereocenters. The average Bonchev–Trinajstić information content (AvgIpc) is 2.30. The molecule has 0 aliphatic heterocycles. The zero-order valence-corrected chi connectivity index (χ0v) is 6.59. The number of nitrogens with one attached hydrogen (secondary N) is 1. The molecule has 0 fully saturated rings. The lowest BCUT2D eigenvalue weighted by Crippen LogP contribution is -2.08. The highest BCUT2D eigenvalue weighted by Gasteiger charge is 2.32. The van der Waals surface area contributed by atoms with Gasteiger partial charge in [0.15, 0.2) is 0 Å². The van der Waals surface area contributed by atoms with Crippen molar-refractivity contribution in [1.29, 1.82) is 5.41 Å². The molecule has 1 rings (SSSR count). The lowest BCUT2D eigenvalue weighted by Gasteiger charge is -2.00. The Hall–Kier alpha value is -1.04. The maximum Gasteiger partial charge on any atom is 0.425 e. The Morgan fingerprint density at radius 2 is 2.00 bits per heavy atom. The van der Waals surface area contributed by atoms with E-state index >= 15 is 0 Å². The number of halogens is 3. The van der Waals surface area contributed by atoms with E-state index in [9.17, 15) is 13.2 Å². The third-order valence-corrected chi connectivity index (χ3v) is 2.31. The summed E-state index contributed by atoms with van der Waals surface area (Å²) in [6.07, 6.45) is -4.33. The summed E-state index contributed by atoms with van der Waals surface area (Å²) in [6, 6.07) is 2.11. The third-order valence-electron chi connectivity index (χ3n) is 1.15. The number of nitrogens with two attached hydrogens (primary N) is 1. The van der Waals surface area contributed by atoms with Crippen molar-refractivity contribution in [3.8, 4) is 0 Å². The fourth-order valence-corrected chi connectivity index (χ4v) is 1.37. The summed E-state index contributed by atoms with van der Waals surface area (Å²) in [4.78, 5) is -0.588. The fourth-order valence-electron chi connectivity index (χ4n) is 0.635. The molecule has 2 nitrogen and oxygen atoms in total. The molecule has 12 heavy (non-hydrogen) atoms. The second-order valence-corrected chi connectivity index (χ2v) is 3.16. The van der Waals surface area contributed by atoms with Gasteiger partial charge in [-0.3, -0.25) is 5.41 Å². The summed E-state index contributed by atoms with van der Waals surface area (Å²) in [5.74, 6) is -0.338. The number of amidine groups is 1. The Labute approximate surface area is 70.3 Å². The summed E-state index contributed by atoms with van der Waals surface area (Å²) >= 11 is 0.473. The van der Waals surface area contributed by atoms with Gasteiger partial charge in [-0.15, -0.1) is 11.3 Å². The first kappa shape index (κ1) is 9.05. The Bertz CT molecular complexity index is 302. The molecule has 0 saturated heterocycles. The minimum Gasteiger partial charge on any atom is -0.383 e. The van der Waals surface area contributed by atoms with E-state index in [-0.39, 0.29) is 10.7 Å². The van der Waals surface area contributed by atoms with Crippen molar-refractivity contribution in [2.45, 2.75) is 6.18 Å². The minimum absolute atomic E-state index is 0.141. The van der Waals surface area contributed by atoms with Crippen LogP contribution >= 0.6 is 11.3 Å². The molecule has 0 amide bonds. The molecule has 66 valence electrons. The van der Waals surface area contributed by atoms with Gasteiger partial charge in [-0.25, -0.2) is 0 Å². The first-order valence-corrected chi connectivity index (χ1v) is 3.74. The average molecular weight is 194 g/mol. The Morgan fingerprint density at radius 1 is 1.42 bits per heavy atom. The molecule has 0 spiro atoms. The van der Waals surface area contributed by atoms with Gasteiger partial charge < -0.3 is 5.73 Å². The predicted molar refractivity (Wildman–Crippen MR) is 40.3 cm³/mol. The van der Waals surface area contributed by atoms with Gasteiger partial charge in [0.05, 0.1) is 4.88 Å². The van der Waals surface area contributed by atoms with Gasteiger partial charge in [0.2, 0.25) is 0 Å². The molecule has 0 aliphatic carbocycles. The van der Waals surface area contributed by atoms with Gasteiger partial charge in [0.1, 0.15) is 10.7 Å². The van der Waals surface area contributed by atoms with E-state index in [1.165, 1.54) is 6.07 Å². The van der Waals surface area contributed by atoms with E-state index in [0.717, 1.165) is 6.07 Å². The Balaban J connectivity index is 3.00. The number of thiophene rings is 1. The van der Waals surface area contributed by atoms with Gasteiger partial charge in [-0.05, 0) is 12.1 Å². The van der Waals surface area contributed by atoms with E-state index in [2.05, 4.69) is 0 Å². The number of alkyl halides is 3. The molecule has 0 radical (unpaired) electrons. The molecule has 0 bridgehead atoms. The van der Waals surface area contributed by atoms with Gasteiger partial charge >= 0.3 is 6.18 Å². The van der Waals surface area contributed by atoms with Crippen molar-refractivity contribution in [3.05, 3.63) is 21.9 Å². The van der Waals surface area contributed by atoms with Crippen molar-refractivity contribution in [2.75, 3.05) is 0 Å². The maximum atomic E-state index is 12.0. The van der Waals surface area contributed by atoms with Crippen molar-refractivity contribution in [1.82, 2.24) is 0 Å². The van der Waals surface area contributed by atoms with E-state index in [1.807, 2.05) is 0 Å². The highest BCUT2D eigenvalue weighted by Crippen LogP contribution is 2.34. The highest BCUT2D eigenvalue weighted by molar-refractivity contribution is 7.14. The van der Waals surface area contributed by atoms with Crippen molar-refractivity contribution >= 4 is 17.2 Å². The molecule has 0 aromatic carbocycles. The van der Waals surface area contributed by atoms with Crippen molar-refractivity contribution in [2.24, 2.45) is 5.73 Å². The molecule has 1 heterocycles. The molecule has 1 aromatic rings. The summed E-state index contributed by atoms with van der Waals surface area (Å²) in [7, 11) is 0. The second-order valence-electron chi connectivity index (χ2n) is 2.08. The topological polar surface area (TPSA) is 49.9 Å². The van der Waals surface area contributed by atoms with E-state index in [4.69, 9.17) is 11.1 Å². The summed E-state index contributed by atoms with van der Waals surface area (Å²) in [6.45, 7) is 0. The molecular weight excluding hydrogens is 189 g/mol. The van der Waals surface area contributed by atoms with Crippen molar-refractivity contribution in [3.63, 3.8) is 0 Å². The second kappa shape index (κ2) is 2.78. The van der Waals surface area contributed by atoms with Crippen LogP contribution in [0.4, 0.5) is 13.2 Å². The molecular formula is C6H5F3N2S. The van der Waals surface area contributed by atoms with E-state index < -0.39 is 11.1 Å².